The monoisotopic (exact) mass is 222 g/mol. The number of hydrogen-bond donors (Lipinski definition) is 2. The average molecular weight is 222 g/mol. The molecule has 0 amide bonds. The summed E-state index contributed by atoms with van der Waals surface area (Å²) in [6.07, 6.45) is 4.62. The molecular weight excluding hydrogens is 196 g/mol. The molecule has 0 radical (unpaired) electrons. The van der Waals surface area contributed by atoms with Crippen LogP contribution in [0.4, 0.5) is 0 Å². The van der Waals surface area contributed by atoms with Gasteiger partial charge in [-0.05, 0) is 63.3 Å². The molecule has 0 aliphatic heterocycles. The molecule has 4 atom stereocenters. The maximum atomic E-state index is 3.82. The maximum Gasteiger partial charge on any atom is 0.0249 e. The summed E-state index contributed by atoms with van der Waals surface area (Å²) in [4.78, 5) is 0. The standard InChI is InChI=1S/C14H26N2/c1-4-16-14(2,3)8-15-13-11-9-5-6-10(7-9)12(11)13/h9-13,15-16H,4-8H2,1-3H3. The van der Waals surface area contributed by atoms with Gasteiger partial charge < -0.3 is 10.6 Å². The fraction of sp³-hybridized carbons (Fsp3) is 1.00. The number of nitrogens with one attached hydrogen (secondary N) is 2. The Bertz CT molecular complexity index is 258. The van der Waals surface area contributed by atoms with Crippen molar-refractivity contribution >= 4 is 0 Å². The molecule has 2 nitrogen and oxygen atoms in total. The Morgan fingerprint density at radius 3 is 2.31 bits per heavy atom. The molecule has 0 spiro atoms. The second-order valence-corrected chi connectivity index (χ2v) is 6.81. The average Bonchev–Trinajstić information content (AvgIpc) is 2.62. The van der Waals surface area contributed by atoms with E-state index in [9.17, 15) is 0 Å². The highest BCUT2D eigenvalue weighted by atomic mass is 15.1. The normalized spacial score (nSPS) is 44.8. The van der Waals surface area contributed by atoms with E-state index in [0.29, 0.717) is 0 Å². The first-order chi connectivity index (χ1) is 7.62. The molecule has 2 heteroatoms. The largest absolute Gasteiger partial charge is 0.312 e. The van der Waals surface area contributed by atoms with E-state index in [0.717, 1.165) is 42.8 Å². The molecule has 0 aromatic rings. The van der Waals surface area contributed by atoms with E-state index >= 15 is 0 Å². The van der Waals surface area contributed by atoms with Crippen LogP contribution in [0.2, 0.25) is 0 Å². The van der Waals surface area contributed by atoms with Gasteiger partial charge in [-0.3, -0.25) is 0 Å². The number of hydrogen-bond acceptors (Lipinski definition) is 2. The van der Waals surface area contributed by atoms with Crippen molar-refractivity contribution in [3.05, 3.63) is 0 Å². The first kappa shape index (κ1) is 11.0. The molecule has 16 heavy (non-hydrogen) atoms. The van der Waals surface area contributed by atoms with Gasteiger partial charge >= 0.3 is 0 Å². The fourth-order valence-corrected chi connectivity index (χ4v) is 4.51. The van der Waals surface area contributed by atoms with Crippen molar-refractivity contribution in [3.8, 4) is 0 Å². The molecule has 3 fully saturated rings. The summed E-state index contributed by atoms with van der Waals surface area (Å²) in [5.74, 6) is 4.32. The smallest absolute Gasteiger partial charge is 0.0249 e. The van der Waals surface area contributed by atoms with E-state index in [2.05, 4.69) is 31.4 Å². The summed E-state index contributed by atoms with van der Waals surface area (Å²) < 4.78 is 0. The zero-order valence-corrected chi connectivity index (χ0v) is 10.9. The third kappa shape index (κ3) is 1.70. The summed E-state index contributed by atoms with van der Waals surface area (Å²) in [5.41, 5.74) is 0.255. The van der Waals surface area contributed by atoms with E-state index in [1.54, 1.807) is 6.42 Å². The zero-order valence-electron chi connectivity index (χ0n) is 10.9. The SMILES string of the molecule is CCNC(C)(C)CNC1C2C3CCC(C3)C12. The van der Waals surface area contributed by atoms with Gasteiger partial charge in [0.15, 0.2) is 0 Å². The van der Waals surface area contributed by atoms with E-state index < -0.39 is 0 Å². The summed E-state index contributed by atoms with van der Waals surface area (Å²) >= 11 is 0. The van der Waals surface area contributed by atoms with Crippen molar-refractivity contribution in [1.82, 2.24) is 10.6 Å². The molecule has 92 valence electrons. The Balaban J connectivity index is 1.48. The van der Waals surface area contributed by atoms with Crippen LogP contribution in [0.3, 0.4) is 0 Å². The molecule has 3 aliphatic rings. The Morgan fingerprint density at radius 2 is 1.75 bits per heavy atom. The molecule has 2 bridgehead atoms. The van der Waals surface area contributed by atoms with Crippen LogP contribution in [-0.2, 0) is 0 Å². The van der Waals surface area contributed by atoms with Crippen LogP contribution < -0.4 is 10.6 Å². The minimum atomic E-state index is 0.255. The van der Waals surface area contributed by atoms with Gasteiger partial charge in [0.2, 0.25) is 0 Å². The van der Waals surface area contributed by atoms with Gasteiger partial charge in [-0.1, -0.05) is 6.92 Å². The van der Waals surface area contributed by atoms with Gasteiger partial charge in [0.25, 0.3) is 0 Å². The second-order valence-electron chi connectivity index (χ2n) is 6.81. The fourth-order valence-electron chi connectivity index (χ4n) is 4.51. The minimum Gasteiger partial charge on any atom is -0.312 e. The molecule has 0 aromatic heterocycles. The second kappa shape index (κ2) is 3.71. The van der Waals surface area contributed by atoms with E-state index in [-0.39, 0.29) is 5.54 Å². The predicted molar refractivity (Wildman–Crippen MR) is 67.4 cm³/mol. The molecule has 0 saturated heterocycles. The third-order valence-corrected chi connectivity index (χ3v) is 5.17. The first-order valence-electron chi connectivity index (χ1n) is 7.11. The molecule has 3 saturated carbocycles. The van der Waals surface area contributed by atoms with E-state index in [4.69, 9.17) is 0 Å². The Hall–Kier alpha value is -0.0800. The molecule has 4 unspecified atom stereocenters. The zero-order chi connectivity index (χ0) is 11.3. The summed E-state index contributed by atoms with van der Waals surface area (Å²) in [5, 5.41) is 7.37. The lowest BCUT2D eigenvalue weighted by atomic mass is 10.0. The highest BCUT2D eigenvalue weighted by molar-refractivity contribution is 5.17. The lowest BCUT2D eigenvalue weighted by Crippen LogP contribution is -2.48. The highest BCUT2D eigenvalue weighted by Gasteiger charge is 2.64. The summed E-state index contributed by atoms with van der Waals surface area (Å²) in [6, 6.07) is 0.879. The Labute approximate surface area is 99.6 Å². The van der Waals surface area contributed by atoms with Crippen molar-refractivity contribution in [2.24, 2.45) is 23.7 Å². The van der Waals surface area contributed by atoms with Crippen LogP contribution in [-0.4, -0.2) is 24.7 Å². The van der Waals surface area contributed by atoms with Gasteiger partial charge in [-0.25, -0.2) is 0 Å². The van der Waals surface area contributed by atoms with Crippen molar-refractivity contribution in [2.75, 3.05) is 13.1 Å². The van der Waals surface area contributed by atoms with Crippen LogP contribution >= 0.6 is 0 Å². The quantitative estimate of drug-likeness (QED) is 0.743. The van der Waals surface area contributed by atoms with Gasteiger partial charge in [0, 0.05) is 18.1 Å². The lowest BCUT2D eigenvalue weighted by Gasteiger charge is -2.27. The molecular formula is C14H26N2. The maximum absolute atomic E-state index is 3.82. The van der Waals surface area contributed by atoms with Crippen molar-refractivity contribution in [3.63, 3.8) is 0 Å². The molecule has 2 N–H and O–H groups in total. The molecule has 3 rings (SSSR count). The summed E-state index contributed by atoms with van der Waals surface area (Å²) in [6.45, 7) is 8.98. The van der Waals surface area contributed by atoms with Crippen LogP contribution in [0, 0.1) is 23.7 Å². The molecule has 0 heterocycles. The summed E-state index contributed by atoms with van der Waals surface area (Å²) in [7, 11) is 0. The van der Waals surface area contributed by atoms with Gasteiger partial charge in [0.05, 0.1) is 0 Å². The van der Waals surface area contributed by atoms with Gasteiger partial charge in [-0.2, -0.15) is 0 Å². The van der Waals surface area contributed by atoms with Crippen molar-refractivity contribution < 1.29 is 0 Å². The van der Waals surface area contributed by atoms with Gasteiger partial charge in [-0.15, -0.1) is 0 Å². The Kier molecular flexibility index (Phi) is 2.56. The molecule has 3 aliphatic carbocycles. The van der Waals surface area contributed by atoms with Crippen LogP contribution in [0.5, 0.6) is 0 Å². The number of fused-ring (bicyclic) bond motifs is 5. The minimum absolute atomic E-state index is 0.255. The van der Waals surface area contributed by atoms with Crippen molar-refractivity contribution in [2.45, 2.75) is 51.6 Å². The topological polar surface area (TPSA) is 24.1 Å². The number of likely N-dealkylation sites (N-methyl/N-ethyl adjacent to an activating group) is 1. The van der Waals surface area contributed by atoms with Gasteiger partial charge in [0.1, 0.15) is 0 Å². The highest BCUT2D eigenvalue weighted by Crippen LogP contribution is 2.65. The van der Waals surface area contributed by atoms with E-state index in [1.165, 1.54) is 12.8 Å². The van der Waals surface area contributed by atoms with E-state index in [1.807, 2.05) is 0 Å². The van der Waals surface area contributed by atoms with Crippen LogP contribution in [0.1, 0.15) is 40.0 Å². The van der Waals surface area contributed by atoms with Crippen molar-refractivity contribution in [1.29, 1.82) is 0 Å². The number of rotatable bonds is 5. The predicted octanol–water partition coefficient (Wildman–Crippen LogP) is 2.01. The third-order valence-electron chi connectivity index (χ3n) is 5.17. The Morgan fingerprint density at radius 1 is 1.12 bits per heavy atom. The molecule has 0 aromatic carbocycles. The van der Waals surface area contributed by atoms with Crippen LogP contribution in [0.25, 0.3) is 0 Å². The first-order valence-corrected chi connectivity index (χ1v) is 7.11. The van der Waals surface area contributed by atoms with Crippen LogP contribution in [0.15, 0.2) is 0 Å². The lowest BCUT2D eigenvalue weighted by molar-refractivity contribution is 0.353.